The third kappa shape index (κ3) is 3.50. The lowest BCUT2D eigenvalue weighted by atomic mass is 10.2. The Morgan fingerprint density at radius 3 is 2.61 bits per heavy atom. The molecule has 1 atom stereocenters. The summed E-state index contributed by atoms with van der Waals surface area (Å²) in [6.45, 7) is 0.548. The monoisotopic (exact) mass is 397 g/mol. The molecule has 0 bridgehead atoms. The van der Waals surface area contributed by atoms with Crippen molar-refractivity contribution in [3.8, 4) is 0 Å². The lowest BCUT2D eigenvalue weighted by Crippen LogP contribution is -2.39. The normalized spacial score (nSPS) is 18.3. The third-order valence-corrected chi connectivity index (χ3v) is 6.18. The first-order chi connectivity index (χ1) is 11.0. The molecule has 0 N–H and O–H groups in total. The lowest BCUT2D eigenvalue weighted by Gasteiger charge is -2.23. The number of carbonyl (C=O) groups excluding carboxylic acids is 1. The van der Waals surface area contributed by atoms with Gasteiger partial charge in [-0.3, -0.25) is 4.79 Å². The maximum absolute atomic E-state index is 12.5. The van der Waals surface area contributed by atoms with E-state index in [4.69, 9.17) is 4.42 Å². The number of sulfone groups is 1. The summed E-state index contributed by atoms with van der Waals surface area (Å²) in [5.41, 5.74) is 0. The van der Waals surface area contributed by atoms with Crippen LogP contribution in [0.3, 0.4) is 0 Å². The Morgan fingerprint density at radius 1 is 1.22 bits per heavy atom. The van der Waals surface area contributed by atoms with Gasteiger partial charge in [0.05, 0.1) is 10.6 Å². The average molecular weight is 398 g/mol. The molecule has 0 aliphatic carbocycles. The molecule has 1 fully saturated rings. The second-order valence-corrected chi connectivity index (χ2v) is 8.31. The van der Waals surface area contributed by atoms with Crippen molar-refractivity contribution < 1.29 is 17.6 Å². The number of amides is 1. The molecule has 1 amide bonds. The zero-order chi connectivity index (χ0) is 16.4. The van der Waals surface area contributed by atoms with Gasteiger partial charge in [-0.25, -0.2) is 8.42 Å². The fraction of sp³-hybridized carbons (Fsp3) is 0.312. The summed E-state index contributed by atoms with van der Waals surface area (Å²) < 4.78 is 30.8. The predicted molar refractivity (Wildman–Crippen MR) is 89.0 cm³/mol. The molecular weight excluding hydrogens is 382 g/mol. The number of halogens is 1. The van der Waals surface area contributed by atoms with Crippen molar-refractivity contribution in [3.63, 3.8) is 0 Å². The third-order valence-electron chi connectivity index (χ3n) is 3.94. The molecule has 1 aromatic carbocycles. The van der Waals surface area contributed by atoms with Gasteiger partial charge in [-0.2, -0.15) is 0 Å². The van der Waals surface area contributed by atoms with Crippen molar-refractivity contribution in [3.05, 3.63) is 52.9 Å². The van der Waals surface area contributed by atoms with E-state index in [0.29, 0.717) is 22.5 Å². The molecule has 2 heterocycles. The Morgan fingerprint density at radius 2 is 1.96 bits per heavy atom. The molecule has 23 heavy (non-hydrogen) atoms. The smallest absolute Gasteiger partial charge is 0.289 e. The number of hydrogen-bond donors (Lipinski definition) is 0. The van der Waals surface area contributed by atoms with E-state index in [1.807, 2.05) is 0 Å². The van der Waals surface area contributed by atoms with Crippen LogP contribution in [0.2, 0.25) is 0 Å². The van der Waals surface area contributed by atoms with Crippen LogP contribution in [0.15, 0.2) is 56.4 Å². The average Bonchev–Trinajstić information content (AvgIpc) is 3.16. The molecule has 2 aromatic rings. The lowest BCUT2D eigenvalue weighted by molar-refractivity contribution is 0.0715. The van der Waals surface area contributed by atoms with E-state index in [1.54, 1.807) is 47.4 Å². The Kier molecular flexibility index (Phi) is 4.59. The highest BCUT2D eigenvalue weighted by atomic mass is 79.9. The minimum Gasteiger partial charge on any atom is -0.444 e. The van der Waals surface area contributed by atoms with Crippen molar-refractivity contribution in [2.75, 3.05) is 12.3 Å². The Labute approximate surface area is 143 Å². The number of furan rings is 1. The summed E-state index contributed by atoms with van der Waals surface area (Å²) in [4.78, 5) is 14.4. The van der Waals surface area contributed by atoms with Gasteiger partial charge in [-0.1, -0.05) is 18.2 Å². The van der Waals surface area contributed by atoms with Gasteiger partial charge >= 0.3 is 0 Å². The Hall–Kier alpha value is -1.60. The molecule has 0 spiro atoms. The highest BCUT2D eigenvalue weighted by Crippen LogP contribution is 2.25. The maximum atomic E-state index is 12.5. The summed E-state index contributed by atoms with van der Waals surface area (Å²) >= 11 is 3.17. The molecule has 122 valence electrons. The van der Waals surface area contributed by atoms with E-state index in [9.17, 15) is 13.2 Å². The summed E-state index contributed by atoms with van der Waals surface area (Å²) in [5.74, 6) is -0.104. The highest BCUT2D eigenvalue weighted by Gasteiger charge is 2.34. The van der Waals surface area contributed by atoms with Gasteiger partial charge < -0.3 is 9.32 Å². The number of hydrogen-bond acceptors (Lipinski definition) is 4. The van der Waals surface area contributed by atoms with Crippen LogP contribution in [-0.4, -0.2) is 37.6 Å². The number of carbonyl (C=O) groups is 1. The zero-order valence-electron chi connectivity index (χ0n) is 12.3. The minimum absolute atomic E-state index is 0.0648. The molecule has 3 rings (SSSR count). The molecule has 0 unspecified atom stereocenters. The maximum Gasteiger partial charge on any atom is 0.289 e. The van der Waals surface area contributed by atoms with Gasteiger partial charge in [0, 0.05) is 12.6 Å². The zero-order valence-corrected chi connectivity index (χ0v) is 14.7. The molecule has 1 aromatic heterocycles. The Balaban J connectivity index is 1.78. The fourth-order valence-corrected chi connectivity index (χ4v) is 4.75. The summed E-state index contributed by atoms with van der Waals surface area (Å²) in [6, 6.07) is 11.3. The molecule has 1 aliphatic heterocycles. The van der Waals surface area contributed by atoms with Crippen molar-refractivity contribution >= 4 is 31.7 Å². The molecule has 0 radical (unpaired) electrons. The quantitative estimate of drug-likeness (QED) is 0.794. The predicted octanol–water partition coefficient (Wildman–Crippen LogP) is 3.12. The summed E-state index contributed by atoms with van der Waals surface area (Å²) in [6.07, 6.45) is 1.47. The van der Waals surface area contributed by atoms with Crippen molar-refractivity contribution in [1.29, 1.82) is 0 Å². The van der Waals surface area contributed by atoms with Gasteiger partial charge in [0.1, 0.15) is 0 Å². The second kappa shape index (κ2) is 6.49. The van der Waals surface area contributed by atoms with Crippen LogP contribution in [0.5, 0.6) is 0 Å². The van der Waals surface area contributed by atoms with Gasteiger partial charge in [0.25, 0.3) is 5.91 Å². The number of nitrogens with zero attached hydrogens (tertiary/aromatic N) is 1. The second-order valence-electron chi connectivity index (χ2n) is 5.49. The minimum atomic E-state index is -3.42. The molecule has 1 saturated heterocycles. The summed E-state index contributed by atoms with van der Waals surface area (Å²) in [7, 11) is -3.42. The van der Waals surface area contributed by atoms with Gasteiger partial charge in [0.2, 0.25) is 0 Å². The van der Waals surface area contributed by atoms with Crippen LogP contribution in [0.1, 0.15) is 23.4 Å². The van der Waals surface area contributed by atoms with E-state index in [-0.39, 0.29) is 23.5 Å². The number of rotatable bonds is 4. The van der Waals surface area contributed by atoms with E-state index < -0.39 is 9.84 Å². The topological polar surface area (TPSA) is 67.6 Å². The van der Waals surface area contributed by atoms with Gasteiger partial charge in [-0.05, 0) is 53.0 Å². The van der Waals surface area contributed by atoms with Crippen LogP contribution in [-0.2, 0) is 9.84 Å². The molecule has 5 nitrogen and oxygen atoms in total. The van der Waals surface area contributed by atoms with Crippen molar-refractivity contribution in [2.45, 2.75) is 23.8 Å². The van der Waals surface area contributed by atoms with E-state index in [1.165, 1.54) is 0 Å². The largest absolute Gasteiger partial charge is 0.444 e. The summed E-state index contributed by atoms with van der Waals surface area (Å²) in [5, 5.41) is 0. The van der Waals surface area contributed by atoms with Crippen molar-refractivity contribution in [1.82, 2.24) is 4.90 Å². The molecule has 0 saturated carbocycles. The first kappa shape index (κ1) is 16.3. The molecule has 1 aliphatic rings. The van der Waals surface area contributed by atoms with Crippen molar-refractivity contribution in [2.24, 2.45) is 0 Å². The first-order valence-corrected chi connectivity index (χ1v) is 9.76. The highest BCUT2D eigenvalue weighted by molar-refractivity contribution is 9.10. The number of likely N-dealkylation sites (tertiary alicyclic amines) is 1. The van der Waals surface area contributed by atoms with Crippen LogP contribution in [0.4, 0.5) is 0 Å². The van der Waals surface area contributed by atoms with Crippen LogP contribution >= 0.6 is 15.9 Å². The first-order valence-electron chi connectivity index (χ1n) is 7.31. The molecule has 7 heteroatoms. The van der Waals surface area contributed by atoms with E-state index in [2.05, 4.69) is 15.9 Å². The SMILES string of the molecule is O=C(c1ccc(Br)o1)N1CCC[C@H]1CS(=O)(=O)c1ccccc1. The van der Waals surface area contributed by atoms with E-state index >= 15 is 0 Å². The van der Waals surface area contributed by atoms with Gasteiger partial charge in [-0.15, -0.1) is 0 Å². The molecular formula is C16H16BrNO4S. The Bertz CT molecular complexity index is 800. The van der Waals surface area contributed by atoms with E-state index in [0.717, 1.165) is 6.42 Å². The van der Waals surface area contributed by atoms with Crippen LogP contribution < -0.4 is 0 Å². The van der Waals surface area contributed by atoms with Gasteiger partial charge in [0.15, 0.2) is 20.3 Å². The standard InChI is InChI=1S/C16H16BrNO4S/c17-15-9-8-14(22-15)16(19)18-10-4-5-12(18)11-23(20,21)13-6-2-1-3-7-13/h1-3,6-9,12H,4-5,10-11H2/t12-/m0/s1. The van der Waals surface area contributed by atoms with Crippen LogP contribution in [0, 0.1) is 0 Å². The van der Waals surface area contributed by atoms with Crippen LogP contribution in [0.25, 0.3) is 0 Å². The number of benzene rings is 1. The fourth-order valence-electron chi connectivity index (χ4n) is 2.82.